The maximum absolute atomic E-state index is 6.23. The second-order valence-electron chi connectivity index (χ2n) is 9.22. The predicted octanol–water partition coefficient (Wildman–Crippen LogP) is 5.48. The fraction of sp³-hybridized carbons (Fsp3) is 0.583. The van der Waals surface area contributed by atoms with E-state index in [1.807, 2.05) is 6.07 Å². The van der Waals surface area contributed by atoms with Gasteiger partial charge >= 0.3 is 0 Å². The van der Waals surface area contributed by atoms with E-state index in [-0.39, 0.29) is 5.54 Å². The number of hydrogen-bond donors (Lipinski definition) is 2. The Balaban J connectivity index is 1.77. The molecule has 0 saturated carbocycles. The predicted molar refractivity (Wildman–Crippen MR) is 124 cm³/mol. The van der Waals surface area contributed by atoms with E-state index in [2.05, 4.69) is 61.7 Å². The molecule has 29 heavy (non-hydrogen) atoms. The van der Waals surface area contributed by atoms with Crippen molar-refractivity contribution in [2.24, 2.45) is 0 Å². The van der Waals surface area contributed by atoms with Crippen molar-refractivity contribution in [3.63, 3.8) is 0 Å². The molecular formula is C24H37N5. The van der Waals surface area contributed by atoms with Crippen LogP contribution in [-0.2, 0) is 12.8 Å². The monoisotopic (exact) mass is 395 g/mol. The van der Waals surface area contributed by atoms with E-state index in [1.165, 1.54) is 30.2 Å². The molecule has 3 N–H and O–H groups in total. The van der Waals surface area contributed by atoms with Gasteiger partial charge in [-0.15, -0.1) is 0 Å². The number of pyridine rings is 1. The van der Waals surface area contributed by atoms with Gasteiger partial charge in [0.15, 0.2) is 0 Å². The molecule has 5 heteroatoms. The van der Waals surface area contributed by atoms with E-state index in [4.69, 9.17) is 10.7 Å². The van der Waals surface area contributed by atoms with Crippen LogP contribution < -0.4 is 5.73 Å². The number of nitrogens with one attached hydrogen (secondary N) is 1. The molecule has 0 unspecified atom stereocenters. The van der Waals surface area contributed by atoms with Crippen LogP contribution in [0.2, 0.25) is 0 Å². The fourth-order valence-corrected chi connectivity index (χ4v) is 3.77. The molecule has 0 aliphatic heterocycles. The van der Waals surface area contributed by atoms with Gasteiger partial charge < -0.3 is 15.6 Å². The van der Waals surface area contributed by atoms with Crippen LogP contribution in [0.15, 0.2) is 18.2 Å². The Morgan fingerprint density at radius 2 is 1.83 bits per heavy atom. The third-order valence-electron chi connectivity index (χ3n) is 5.97. The smallest absolute Gasteiger partial charge is 0.150 e. The second kappa shape index (κ2) is 9.12. The Morgan fingerprint density at radius 1 is 1.03 bits per heavy atom. The average Bonchev–Trinajstić information content (AvgIpc) is 3.10. The number of H-pyrrole nitrogens is 1. The molecule has 2 heterocycles. The van der Waals surface area contributed by atoms with Gasteiger partial charge in [-0.1, -0.05) is 31.9 Å². The summed E-state index contributed by atoms with van der Waals surface area (Å²) in [5, 5.41) is 1.17. The van der Waals surface area contributed by atoms with Gasteiger partial charge in [0.1, 0.15) is 22.7 Å². The maximum atomic E-state index is 6.23. The Bertz CT molecular complexity index is 951. The molecule has 0 radical (unpaired) electrons. The second-order valence-corrected chi connectivity index (χ2v) is 9.22. The van der Waals surface area contributed by atoms with Gasteiger partial charge in [0.05, 0.1) is 5.52 Å². The van der Waals surface area contributed by atoms with Crippen LogP contribution in [0.3, 0.4) is 0 Å². The summed E-state index contributed by atoms with van der Waals surface area (Å²) in [4.78, 5) is 15.4. The Labute approximate surface area is 175 Å². The van der Waals surface area contributed by atoms with Crippen LogP contribution in [0.25, 0.3) is 21.9 Å². The standard InChI is InChI=1S/C24H37N5/c1-6-7-15-19-27-21-20-17(12-9-8-10-16-29(5)24(2,3)4)13-11-14-18(20)26-23(25)22(21)28-19/h11,13-14H,6-10,12,15-16H2,1-5H3,(H2,25,26)(H,27,28). The first-order valence-electron chi connectivity index (χ1n) is 11.1. The highest BCUT2D eigenvalue weighted by atomic mass is 15.1. The Hall–Kier alpha value is -2.14. The minimum absolute atomic E-state index is 0.238. The lowest BCUT2D eigenvalue weighted by atomic mass is 10.0. The first-order chi connectivity index (χ1) is 13.8. The first-order valence-corrected chi connectivity index (χ1v) is 11.1. The normalized spacial score (nSPS) is 12.5. The Morgan fingerprint density at radius 3 is 2.55 bits per heavy atom. The number of anilines is 1. The van der Waals surface area contributed by atoms with Crippen LogP contribution in [0.4, 0.5) is 5.82 Å². The third-order valence-corrected chi connectivity index (χ3v) is 5.97. The lowest BCUT2D eigenvalue weighted by molar-refractivity contribution is 0.172. The number of nitrogens with two attached hydrogens (primary N) is 1. The maximum Gasteiger partial charge on any atom is 0.150 e. The number of aromatic amines is 1. The molecule has 0 atom stereocenters. The average molecular weight is 396 g/mol. The van der Waals surface area contributed by atoms with Crippen molar-refractivity contribution in [1.29, 1.82) is 0 Å². The number of rotatable bonds is 9. The summed E-state index contributed by atoms with van der Waals surface area (Å²) in [5.41, 5.74) is 10.6. The molecule has 2 aromatic heterocycles. The number of hydrogen-bond acceptors (Lipinski definition) is 4. The summed E-state index contributed by atoms with van der Waals surface area (Å²) in [7, 11) is 2.21. The summed E-state index contributed by atoms with van der Waals surface area (Å²) in [6.45, 7) is 10.1. The molecule has 0 amide bonds. The zero-order valence-electron chi connectivity index (χ0n) is 18.8. The number of aromatic nitrogens is 3. The van der Waals surface area contributed by atoms with E-state index in [9.17, 15) is 0 Å². The van der Waals surface area contributed by atoms with Crippen molar-refractivity contribution in [2.45, 2.75) is 78.2 Å². The van der Waals surface area contributed by atoms with Crippen molar-refractivity contribution in [3.05, 3.63) is 29.6 Å². The number of nitrogen functional groups attached to an aromatic ring is 1. The largest absolute Gasteiger partial charge is 0.382 e. The van der Waals surface area contributed by atoms with Gasteiger partial charge in [0.25, 0.3) is 0 Å². The topological polar surface area (TPSA) is 70.8 Å². The van der Waals surface area contributed by atoms with E-state index >= 15 is 0 Å². The molecule has 0 fully saturated rings. The molecule has 5 nitrogen and oxygen atoms in total. The summed E-state index contributed by atoms with van der Waals surface area (Å²) in [6.07, 6.45) is 7.91. The number of nitrogens with zero attached hydrogens (tertiary/aromatic N) is 3. The molecule has 3 rings (SSSR count). The first kappa shape index (κ1) is 21.6. The summed E-state index contributed by atoms with van der Waals surface area (Å²) >= 11 is 0. The zero-order chi connectivity index (χ0) is 21.0. The van der Waals surface area contributed by atoms with Gasteiger partial charge in [0.2, 0.25) is 0 Å². The molecule has 0 aliphatic carbocycles. The van der Waals surface area contributed by atoms with E-state index in [1.54, 1.807) is 0 Å². The molecule has 0 bridgehead atoms. The summed E-state index contributed by atoms with van der Waals surface area (Å²) < 4.78 is 0. The quantitative estimate of drug-likeness (QED) is 0.471. The van der Waals surface area contributed by atoms with E-state index in [0.29, 0.717) is 5.82 Å². The molecule has 0 aliphatic rings. The lowest BCUT2D eigenvalue weighted by Gasteiger charge is -2.31. The van der Waals surface area contributed by atoms with E-state index < -0.39 is 0 Å². The highest BCUT2D eigenvalue weighted by Crippen LogP contribution is 2.30. The summed E-state index contributed by atoms with van der Waals surface area (Å²) in [5.74, 6) is 1.56. The SMILES string of the molecule is CCCCc1nc2c([nH]1)c(N)nc1cccc(CCCCCN(C)C(C)(C)C)c12. The van der Waals surface area contributed by atoms with Crippen LogP contribution in [0.5, 0.6) is 0 Å². The number of fused-ring (bicyclic) bond motifs is 3. The molecular weight excluding hydrogens is 358 g/mol. The van der Waals surface area contributed by atoms with Crippen LogP contribution in [0, 0.1) is 0 Å². The number of unbranched alkanes of at least 4 members (excludes halogenated alkanes) is 3. The van der Waals surface area contributed by atoms with Gasteiger partial charge in [-0.2, -0.15) is 0 Å². The van der Waals surface area contributed by atoms with Gasteiger partial charge in [-0.05, 0) is 71.7 Å². The van der Waals surface area contributed by atoms with Crippen molar-refractivity contribution >= 4 is 27.8 Å². The zero-order valence-corrected chi connectivity index (χ0v) is 18.8. The van der Waals surface area contributed by atoms with Gasteiger partial charge in [0, 0.05) is 17.3 Å². The number of benzene rings is 1. The molecule has 3 aromatic rings. The summed E-state index contributed by atoms with van der Waals surface area (Å²) in [6, 6.07) is 6.36. The van der Waals surface area contributed by atoms with Crippen molar-refractivity contribution in [2.75, 3.05) is 19.3 Å². The molecule has 0 spiro atoms. The van der Waals surface area contributed by atoms with Crippen LogP contribution in [0.1, 0.15) is 71.2 Å². The molecule has 1 aromatic carbocycles. The third kappa shape index (κ3) is 5.08. The van der Waals surface area contributed by atoms with Crippen molar-refractivity contribution < 1.29 is 0 Å². The minimum Gasteiger partial charge on any atom is -0.382 e. The van der Waals surface area contributed by atoms with Crippen LogP contribution in [-0.4, -0.2) is 39.0 Å². The molecule has 158 valence electrons. The molecule has 0 saturated heterocycles. The minimum atomic E-state index is 0.238. The number of aryl methyl sites for hydroxylation is 2. The Kier molecular flexibility index (Phi) is 6.78. The van der Waals surface area contributed by atoms with Crippen molar-refractivity contribution in [3.8, 4) is 0 Å². The van der Waals surface area contributed by atoms with E-state index in [0.717, 1.165) is 54.6 Å². The lowest BCUT2D eigenvalue weighted by Crippen LogP contribution is -2.38. The highest BCUT2D eigenvalue weighted by molar-refractivity contribution is 6.07. The van der Waals surface area contributed by atoms with Crippen molar-refractivity contribution in [1.82, 2.24) is 19.9 Å². The van der Waals surface area contributed by atoms with Crippen LogP contribution >= 0.6 is 0 Å². The number of imidazole rings is 1. The van der Waals surface area contributed by atoms with Gasteiger partial charge in [-0.25, -0.2) is 9.97 Å². The highest BCUT2D eigenvalue weighted by Gasteiger charge is 2.16. The fourth-order valence-electron chi connectivity index (χ4n) is 3.77. The van der Waals surface area contributed by atoms with Gasteiger partial charge in [-0.3, -0.25) is 0 Å².